The van der Waals surface area contributed by atoms with Crippen LogP contribution < -0.4 is 10.1 Å². The van der Waals surface area contributed by atoms with Gasteiger partial charge in [0.15, 0.2) is 0 Å². The molecule has 1 N–H and O–H groups in total. The standard InChI is InChI=1S/C19H31N3O4S/c1-4-26-18-11-9-16(10-12-18)7-5-13-20-19(23)17-8-6-14-22(15-17)27(24,25)21(2)3/h9-12,17H,4-8,13-15H2,1-3H3,(H,20,23)/t17-/m1/s1. The Kier molecular flexibility index (Phi) is 8.07. The average molecular weight is 398 g/mol. The molecule has 27 heavy (non-hydrogen) atoms. The van der Waals surface area contributed by atoms with Crippen molar-refractivity contribution >= 4 is 16.1 Å². The average Bonchev–Trinajstić information content (AvgIpc) is 2.66. The predicted octanol–water partition coefficient (Wildman–Crippen LogP) is 1.65. The van der Waals surface area contributed by atoms with Gasteiger partial charge in [0, 0.05) is 33.7 Å². The SMILES string of the molecule is CCOc1ccc(CCCNC(=O)[C@@H]2CCCN(S(=O)(=O)N(C)C)C2)cc1. The van der Waals surface area contributed by atoms with Gasteiger partial charge in [-0.05, 0) is 50.3 Å². The molecule has 8 heteroatoms. The predicted molar refractivity (Wildman–Crippen MR) is 106 cm³/mol. The number of ether oxygens (including phenoxy) is 1. The highest BCUT2D eigenvalue weighted by molar-refractivity contribution is 7.86. The molecular weight excluding hydrogens is 366 g/mol. The highest BCUT2D eigenvalue weighted by Gasteiger charge is 2.33. The lowest BCUT2D eigenvalue weighted by molar-refractivity contribution is -0.126. The number of nitrogens with zero attached hydrogens (tertiary/aromatic N) is 2. The maximum atomic E-state index is 12.4. The van der Waals surface area contributed by atoms with Crippen molar-refractivity contribution in [1.82, 2.24) is 13.9 Å². The number of carbonyl (C=O) groups is 1. The van der Waals surface area contributed by atoms with E-state index in [2.05, 4.69) is 5.32 Å². The van der Waals surface area contributed by atoms with Crippen LogP contribution in [0.4, 0.5) is 0 Å². The number of aryl methyl sites for hydroxylation is 1. The summed E-state index contributed by atoms with van der Waals surface area (Å²) in [6.07, 6.45) is 3.14. The molecular formula is C19H31N3O4S. The van der Waals surface area contributed by atoms with E-state index in [1.807, 2.05) is 31.2 Å². The van der Waals surface area contributed by atoms with Crippen molar-refractivity contribution in [1.29, 1.82) is 0 Å². The molecule has 2 rings (SSSR count). The zero-order chi connectivity index (χ0) is 19.9. The number of rotatable bonds is 9. The fourth-order valence-corrected chi connectivity index (χ4v) is 4.35. The van der Waals surface area contributed by atoms with Gasteiger partial charge in [-0.15, -0.1) is 0 Å². The molecule has 0 aromatic heterocycles. The van der Waals surface area contributed by atoms with E-state index in [-0.39, 0.29) is 18.4 Å². The Hall–Kier alpha value is -1.64. The van der Waals surface area contributed by atoms with Crippen LogP contribution in [0.15, 0.2) is 24.3 Å². The maximum Gasteiger partial charge on any atom is 0.281 e. The van der Waals surface area contributed by atoms with Gasteiger partial charge >= 0.3 is 0 Å². The molecule has 0 radical (unpaired) electrons. The van der Waals surface area contributed by atoms with Crippen molar-refractivity contribution < 1.29 is 17.9 Å². The second-order valence-corrected chi connectivity index (χ2v) is 9.10. The molecule has 0 aliphatic carbocycles. The molecule has 1 amide bonds. The fourth-order valence-electron chi connectivity index (χ4n) is 3.16. The van der Waals surface area contributed by atoms with Gasteiger partial charge in [0.2, 0.25) is 5.91 Å². The van der Waals surface area contributed by atoms with Crippen LogP contribution in [-0.4, -0.2) is 63.3 Å². The largest absolute Gasteiger partial charge is 0.494 e. The first-order chi connectivity index (χ1) is 12.8. The summed E-state index contributed by atoms with van der Waals surface area (Å²) in [5.41, 5.74) is 1.20. The van der Waals surface area contributed by atoms with E-state index in [1.165, 1.54) is 28.3 Å². The van der Waals surface area contributed by atoms with Crippen molar-refractivity contribution in [2.75, 3.05) is 40.3 Å². The van der Waals surface area contributed by atoms with Gasteiger partial charge in [0.1, 0.15) is 5.75 Å². The number of nitrogens with one attached hydrogen (secondary N) is 1. The second kappa shape index (κ2) is 10.1. The van der Waals surface area contributed by atoms with Crippen LogP contribution >= 0.6 is 0 Å². The Morgan fingerprint density at radius 2 is 2.00 bits per heavy atom. The number of amides is 1. The summed E-state index contributed by atoms with van der Waals surface area (Å²) in [7, 11) is -0.431. The lowest BCUT2D eigenvalue weighted by Gasteiger charge is -2.32. The summed E-state index contributed by atoms with van der Waals surface area (Å²) in [5, 5.41) is 2.96. The first-order valence-corrected chi connectivity index (χ1v) is 10.9. The number of hydrogen-bond donors (Lipinski definition) is 1. The van der Waals surface area contributed by atoms with E-state index in [9.17, 15) is 13.2 Å². The van der Waals surface area contributed by atoms with Crippen LogP contribution in [0, 0.1) is 5.92 Å². The Morgan fingerprint density at radius 1 is 1.30 bits per heavy atom. The van der Waals surface area contributed by atoms with Gasteiger partial charge in [-0.25, -0.2) is 0 Å². The third-order valence-electron chi connectivity index (χ3n) is 4.72. The minimum atomic E-state index is -3.46. The monoisotopic (exact) mass is 397 g/mol. The Morgan fingerprint density at radius 3 is 2.63 bits per heavy atom. The van der Waals surface area contributed by atoms with Crippen LogP contribution in [0.25, 0.3) is 0 Å². The summed E-state index contributed by atoms with van der Waals surface area (Å²) < 4.78 is 32.5. The van der Waals surface area contributed by atoms with Crippen molar-refractivity contribution in [3.8, 4) is 5.75 Å². The molecule has 1 aromatic rings. The van der Waals surface area contributed by atoms with E-state index in [1.54, 1.807) is 0 Å². The summed E-state index contributed by atoms with van der Waals surface area (Å²) >= 11 is 0. The summed E-state index contributed by atoms with van der Waals surface area (Å²) in [6, 6.07) is 7.99. The molecule has 1 atom stereocenters. The van der Waals surface area contributed by atoms with Gasteiger partial charge < -0.3 is 10.1 Å². The van der Waals surface area contributed by atoms with Crippen molar-refractivity contribution in [2.24, 2.45) is 5.92 Å². The van der Waals surface area contributed by atoms with Crippen molar-refractivity contribution in [3.63, 3.8) is 0 Å². The molecule has 0 spiro atoms. The minimum Gasteiger partial charge on any atom is -0.494 e. The zero-order valence-electron chi connectivity index (χ0n) is 16.5. The number of carbonyl (C=O) groups excluding carboxylic acids is 1. The molecule has 1 aliphatic heterocycles. The van der Waals surface area contributed by atoms with Crippen molar-refractivity contribution in [2.45, 2.75) is 32.6 Å². The highest BCUT2D eigenvalue weighted by atomic mass is 32.2. The third-order valence-corrected chi connectivity index (χ3v) is 6.63. The van der Waals surface area contributed by atoms with E-state index in [4.69, 9.17) is 4.74 Å². The Bertz CT molecular complexity index is 704. The van der Waals surface area contributed by atoms with Gasteiger partial charge in [-0.1, -0.05) is 12.1 Å². The van der Waals surface area contributed by atoms with Crippen molar-refractivity contribution in [3.05, 3.63) is 29.8 Å². The van der Waals surface area contributed by atoms with Gasteiger partial charge in [-0.3, -0.25) is 4.79 Å². The van der Waals surface area contributed by atoms with E-state index >= 15 is 0 Å². The zero-order valence-corrected chi connectivity index (χ0v) is 17.3. The summed E-state index contributed by atoms with van der Waals surface area (Å²) in [6.45, 7) is 3.92. The van der Waals surface area contributed by atoms with Crippen LogP contribution in [-0.2, 0) is 21.4 Å². The fraction of sp³-hybridized carbons (Fsp3) is 0.632. The highest BCUT2D eigenvalue weighted by Crippen LogP contribution is 2.20. The lowest BCUT2D eigenvalue weighted by atomic mass is 9.99. The van der Waals surface area contributed by atoms with Gasteiger partial charge in [-0.2, -0.15) is 17.0 Å². The molecule has 0 saturated carbocycles. The second-order valence-electron chi connectivity index (χ2n) is 6.96. The number of piperidine rings is 1. The minimum absolute atomic E-state index is 0.0552. The molecule has 0 bridgehead atoms. The van der Waals surface area contributed by atoms with E-state index < -0.39 is 10.2 Å². The topological polar surface area (TPSA) is 79.0 Å². The molecule has 1 fully saturated rings. The van der Waals surface area contributed by atoms with Gasteiger partial charge in [0.05, 0.1) is 12.5 Å². The van der Waals surface area contributed by atoms with E-state index in [0.717, 1.165) is 25.0 Å². The molecule has 1 aromatic carbocycles. The normalized spacial score (nSPS) is 18.4. The maximum absolute atomic E-state index is 12.4. The first-order valence-electron chi connectivity index (χ1n) is 9.51. The molecule has 7 nitrogen and oxygen atoms in total. The lowest BCUT2D eigenvalue weighted by Crippen LogP contribution is -2.48. The first kappa shape index (κ1) is 21.7. The number of hydrogen-bond acceptors (Lipinski definition) is 4. The van der Waals surface area contributed by atoms with Crippen LogP contribution in [0.2, 0.25) is 0 Å². The van der Waals surface area contributed by atoms with Crippen LogP contribution in [0.5, 0.6) is 5.75 Å². The number of benzene rings is 1. The van der Waals surface area contributed by atoms with Gasteiger partial charge in [0.25, 0.3) is 10.2 Å². The summed E-state index contributed by atoms with van der Waals surface area (Å²) in [5.74, 6) is 0.531. The molecule has 152 valence electrons. The quantitative estimate of drug-likeness (QED) is 0.643. The summed E-state index contributed by atoms with van der Waals surface area (Å²) in [4.78, 5) is 12.4. The van der Waals surface area contributed by atoms with Crippen LogP contribution in [0.1, 0.15) is 31.7 Å². The Balaban J connectivity index is 1.75. The van der Waals surface area contributed by atoms with Crippen LogP contribution in [0.3, 0.4) is 0 Å². The van der Waals surface area contributed by atoms with E-state index in [0.29, 0.717) is 26.1 Å². The third kappa shape index (κ3) is 6.19. The molecule has 1 saturated heterocycles. The molecule has 0 unspecified atom stereocenters. The molecule has 1 aliphatic rings. The molecule has 1 heterocycles. The Labute approximate surface area is 162 Å². The smallest absolute Gasteiger partial charge is 0.281 e.